The molecule has 6 nitrogen and oxygen atoms in total. The molecule has 0 bridgehead atoms. The largest absolute Gasteiger partial charge is 0.419 e. The first-order valence-corrected chi connectivity index (χ1v) is 10.0. The first-order valence-electron chi connectivity index (χ1n) is 10.0. The number of aromatic nitrogens is 3. The van der Waals surface area contributed by atoms with Crippen LogP contribution < -0.4 is 4.90 Å². The molecular weight excluding hydrogens is 364 g/mol. The van der Waals surface area contributed by atoms with E-state index in [-0.39, 0.29) is 12.5 Å². The second kappa shape index (κ2) is 7.20. The highest BCUT2D eigenvalue weighted by molar-refractivity contribution is 5.96. The molecule has 146 valence electrons. The third-order valence-electron chi connectivity index (χ3n) is 5.50. The zero-order valence-electron chi connectivity index (χ0n) is 16.3. The molecule has 0 saturated carbocycles. The van der Waals surface area contributed by atoms with Crippen molar-refractivity contribution >= 4 is 22.5 Å². The van der Waals surface area contributed by atoms with Gasteiger partial charge in [0, 0.05) is 29.6 Å². The third-order valence-corrected chi connectivity index (χ3v) is 5.50. The standard InChI is InChI=1S/C23H22N4O2/c1-2-21-24-25-23(29-21)20-14-17-9-4-6-12-19(17)27(20)15-22(28)26-13-7-10-16-8-3-5-11-18(16)26/h3-6,8-9,11-12,14H,2,7,10,13,15H2,1H3. The highest BCUT2D eigenvalue weighted by Crippen LogP contribution is 2.30. The summed E-state index contributed by atoms with van der Waals surface area (Å²) in [5.74, 6) is 1.10. The van der Waals surface area contributed by atoms with Gasteiger partial charge in [-0.1, -0.05) is 43.3 Å². The molecule has 1 amide bonds. The maximum absolute atomic E-state index is 13.4. The van der Waals surface area contributed by atoms with E-state index in [9.17, 15) is 4.79 Å². The summed E-state index contributed by atoms with van der Waals surface area (Å²) in [4.78, 5) is 15.3. The minimum atomic E-state index is 0.0648. The van der Waals surface area contributed by atoms with Crippen LogP contribution in [0, 0.1) is 0 Å². The number of rotatable bonds is 4. The number of fused-ring (bicyclic) bond motifs is 2. The van der Waals surface area contributed by atoms with E-state index < -0.39 is 0 Å². The summed E-state index contributed by atoms with van der Waals surface area (Å²) in [6.07, 6.45) is 2.67. The fourth-order valence-electron chi connectivity index (χ4n) is 4.07. The van der Waals surface area contributed by atoms with Gasteiger partial charge in [0.1, 0.15) is 12.2 Å². The number of amides is 1. The Labute approximate surface area is 168 Å². The van der Waals surface area contributed by atoms with E-state index in [2.05, 4.69) is 16.3 Å². The van der Waals surface area contributed by atoms with E-state index in [0.717, 1.165) is 41.7 Å². The van der Waals surface area contributed by atoms with Crippen LogP contribution in [0.3, 0.4) is 0 Å². The topological polar surface area (TPSA) is 64.2 Å². The Hall–Kier alpha value is -3.41. The Morgan fingerprint density at radius 3 is 2.79 bits per heavy atom. The zero-order chi connectivity index (χ0) is 19.8. The smallest absolute Gasteiger partial charge is 0.264 e. The molecule has 29 heavy (non-hydrogen) atoms. The van der Waals surface area contributed by atoms with Crippen molar-refractivity contribution in [2.45, 2.75) is 32.7 Å². The van der Waals surface area contributed by atoms with Crippen molar-refractivity contribution in [3.05, 3.63) is 66.1 Å². The summed E-state index contributed by atoms with van der Waals surface area (Å²) in [7, 11) is 0. The van der Waals surface area contributed by atoms with Gasteiger partial charge in [-0.25, -0.2) is 0 Å². The Morgan fingerprint density at radius 2 is 1.93 bits per heavy atom. The van der Waals surface area contributed by atoms with Crippen LogP contribution in [-0.2, 0) is 24.2 Å². The van der Waals surface area contributed by atoms with E-state index in [0.29, 0.717) is 18.2 Å². The average molecular weight is 386 g/mol. The van der Waals surface area contributed by atoms with Crippen LogP contribution in [0.25, 0.3) is 22.5 Å². The molecule has 0 N–H and O–H groups in total. The lowest BCUT2D eigenvalue weighted by molar-refractivity contribution is -0.119. The summed E-state index contributed by atoms with van der Waals surface area (Å²) in [5.41, 5.74) is 4.01. The van der Waals surface area contributed by atoms with Crippen molar-refractivity contribution in [3.8, 4) is 11.6 Å². The van der Waals surface area contributed by atoms with Crippen molar-refractivity contribution in [2.24, 2.45) is 0 Å². The Morgan fingerprint density at radius 1 is 1.10 bits per heavy atom. The molecule has 1 aliphatic rings. The number of para-hydroxylation sites is 2. The fraction of sp³-hybridized carbons (Fsp3) is 0.261. The zero-order valence-corrected chi connectivity index (χ0v) is 16.3. The molecule has 2 aromatic carbocycles. The van der Waals surface area contributed by atoms with Gasteiger partial charge >= 0.3 is 0 Å². The number of benzene rings is 2. The van der Waals surface area contributed by atoms with Crippen molar-refractivity contribution in [3.63, 3.8) is 0 Å². The summed E-state index contributed by atoms with van der Waals surface area (Å²) in [6.45, 7) is 2.94. The summed E-state index contributed by atoms with van der Waals surface area (Å²) in [6, 6.07) is 18.2. The SMILES string of the molecule is CCc1nnc(-c2cc3ccccc3n2CC(=O)N2CCCc3ccccc32)o1. The Bertz CT molecular complexity index is 1190. The second-order valence-corrected chi connectivity index (χ2v) is 7.31. The number of hydrogen-bond donors (Lipinski definition) is 0. The van der Waals surface area contributed by atoms with Crippen molar-refractivity contribution in [1.82, 2.24) is 14.8 Å². The van der Waals surface area contributed by atoms with Crippen LogP contribution in [0.1, 0.15) is 24.8 Å². The number of anilines is 1. The van der Waals surface area contributed by atoms with Gasteiger partial charge in [0.25, 0.3) is 5.89 Å². The highest BCUT2D eigenvalue weighted by Gasteiger charge is 2.24. The Kier molecular flexibility index (Phi) is 4.39. The molecular formula is C23H22N4O2. The normalized spacial score (nSPS) is 13.6. The first kappa shape index (κ1) is 17.7. The molecule has 0 saturated heterocycles. The van der Waals surface area contributed by atoms with Crippen LogP contribution in [0.5, 0.6) is 0 Å². The lowest BCUT2D eigenvalue weighted by atomic mass is 10.0. The molecule has 0 fully saturated rings. The van der Waals surface area contributed by atoms with Gasteiger partial charge in [0.05, 0.1) is 0 Å². The molecule has 2 aromatic heterocycles. The lowest BCUT2D eigenvalue weighted by Crippen LogP contribution is -2.37. The molecule has 1 aliphatic heterocycles. The van der Waals surface area contributed by atoms with Crippen molar-refractivity contribution < 1.29 is 9.21 Å². The van der Waals surface area contributed by atoms with Gasteiger partial charge in [0.2, 0.25) is 11.8 Å². The van der Waals surface area contributed by atoms with E-state index in [4.69, 9.17) is 4.42 Å². The molecule has 5 rings (SSSR count). The van der Waals surface area contributed by atoms with Gasteiger partial charge in [-0.05, 0) is 36.6 Å². The number of carbonyl (C=O) groups is 1. The number of carbonyl (C=O) groups excluding carboxylic acids is 1. The molecule has 4 aromatic rings. The predicted octanol–water partition coefficient (Wildman–Crippen LogP) is 4.23. The monoisotopic (exact) mass is 386 g/mol. The minimum Gasteiger partial charge on any atom is -0.419 e. The predicted molar refractivity (Wildman–Crippen MR) is 112 cm³/mol. The molecule has 0 atom stereocenters. The van der Waals surface area contributed by atoms with E-state index in [1.165, 1.54) is 5.56 Å². The average Bonchev–Trinajstić information content (AvgIpc) is 3.38. The fourth-order valence-corrected chi connectivity index (χ4v) is 4.07. The van der Waals surface area contributed by atoms with Gasteiger partial charge in [-0.3, -0.25) is 4.79 Å². The molecule has 0 unspecified atom stereocenters. The van der Waals surface area contributed by atoms with Gasteiger partial charge in [0.15, 0.2) is 0 Å². The summed E-state index contributed by atoms with van der Waals surface area (Å²) < 4.78 is 7.79. The van der Waals surface area contributed by atoms with E-state index in [1.54, 1.807) is 0 Å². The second-order valence-electron chi connectivity index (χ2n) is 7.31. The van der Waals surface area contributed by atoms with Crippen LogP contribution in [0.15, 0.2) is 59.0 Å². The molecule has 0 radical (unpaired) electrons. The quantitative estimate of drug-likeness (QED) is 0.526. The van der Waals surface area contributed by atoms with Crippen molar-refractivity contribution in [1.29, 1.82) is 0 Å². The number of hydrogen-bond acceptors (Lipinski definition) is 4. The number of nitrogens with zero attached hydrogens (tertiary/aromatic N) is 4. The maximum Gasteiger partial charge on any atom is 0.264 e. The maximum atomic E-state index is 13.4. The molecule has 0 aliphatic carbocycles. The summed E-state index contributed by atoms with van der Waals surface area (Å²) >= 11 is 0. The minimum absolute atomic E-state index is 0.0648. The van der Waals surface area contributed by atoms with Crippen LogP contribution in [0.4, 0.5) is 5.69 Å². The lowest BCUT2D eigenvalue weighted by Gasteiger charge is -2.29. The van der Waals surface area contributed by atoms with E-state index in [1.807, 2.05) is 64.9 Å². The van der Waals surface area contributed by atoms with Crippen LogP contribution >= 0.6 is 0 Å². The van der Waals surface area contributed by atoms with Gasteiger partial charge < -0.3 is 13.9 Å². The van der Waals surface area contributed by atoms with E-state index >= 15 is 0 Å². The van der Waals surface area contributed by atoms with Crippen LogP contribution in [-0.4, -0.2) is 27.2 Å². The van der Waals surface area contributed by atoms with Crippen molar-refractivity contribution in [2.75, 3.05) is 11.4 Å². The third kappa shape index (κ3) is 3.10. The molecule has 0 spiro atoms. The number of aryl methyl sites for hydroxylation is 2. The van der Waals surface area contributed by atoms with Gasteiger partial charge in [-0.2, -0.15) is 0 Å². The molecule has 3 heterocycles. The Balaban J connectivity index is 1.55. The first-order chi connectivity index (χ1) is 14.2. The van der Waals surface area contributed by atoms with Crippen LogP contribution in [0.2, 0.25) is 0 Å². The summed E-state index contributed by atoms with van der Waals surface area (Å²) in [5, 5.41) is 9.35. The molecule has 6 heteroatoms. The van der Waals surface area contributed by atoms with Gasteiger partial charge in [-0.15, -0.1) is 10.2 Å². The highest BCUT2D eigenvalue weighted by atomic mass is 16.4.